The first-order chi connectivity index (χ1) is 20.2. The van der Waals surface area contributed by atoms with Crippen molar-refractivity contribution < 1.29 is 19.1 Å². The zero-order valence-corrected chi connectivity index (χ0v) is 25.5. The van der Waals surface area contributed by atoms with Crippen molar-refractivity contribution in [2.24, 2.45) is 5.41 Å². The minimum Gasteiger partial charge on any atom is -0.438 e. The van der Waals surface area contributed by atoms with Gasteiger partial charge in [-0.15, -0.1) is 10.2 Å². The van der Waals surface area contributed by atoms with E-state index in [-0.39, 0.29) is 11.8 Å². The Morgan fingerprint density at radius 3 is 2.50 bits per heavy atom. The van der Waals surface area contributed by atoms with E-state index in [9.17, 15) is 9.59 Å². The topological polar surface area (TPSA) is 107 Å². The van der Waals surface area contributed by atoms with E-state index < -0.39 is 5.41 Å². The van der Waals surface area contributed by atoms with Crippen molar-refractivity contribution in [3.05, 3.63) is 81.3 Å². The molecule has 2 aliphatic rings. The summed E-state index contributed by atoms with van der Waals surface area (Å²) in [5.74, 6) is 0.576. The number of aryl methyl sites for hydroxylation is 1. The van der Waals surface area contributed by atoms with Crippen molar-refractivity contribution in [3.63, 3.8) is 0 Å². The lowest BCUT2D eigenvalue weighted by atomic mass is 9.69. The maximum Gasteiger partial charge on any atom is 0.232 e. The van der Waals surface area contributed by atoms with Crippen LogP contribution in [-0.2, 0) is 9.53 Å². The minimum absolute atomic E-state index is 0.179. The van der Waals surface area contributed by atoms with E-state index >= 15 is 0 Å². The molecule has 11 heteroatoms. The number of nitrogens with zero attached hydrogens (tertiary/aromatic N) is 4. The monoisotopic (exact) mass is 605 g/mol. The predicted molar refractivity (Wildman–Crippen MR) is 164 cm³/mol. The lowest BCUT2D eigenvalue weighted by Crippen LogP contribution is -2.38. The number of amides is 1. The van der Waals surface area contributed by atoms with Crippen LogP contribution in [0.2, 0.25) is 5.02 Å². The molecule has 1 amide bonds. The Kier molecular flexibility index (Phi) is 8.98. The lowest BCUT2D eigenvalue weighted by molar-refractivity contribution is -0.124. The maximum absolute atomic E-state index is 13.5. The molecule has 0 spiro atoms. The van der Waals surface area contributed by atoms with E-state index in [1.165, 1.54) is 11.3 Å². The zero-order chi connectivity index (χ0) is 29.9. The van der Waals surface area contributed by atoms with Crippen molar-refractivity contribution in [2.45, 2.75) is 26.7 Å². The highest BCUT2D eigenvalue weighted by atomic mass is 35.5. The molecular weight excluding hydrogens is 574 g/mol. The number of morpholine rings is 1. The molecule has 2 aliphatic heterocycles. The highest BCUT2D eigenvalue weighted by molar-refractivity contribution is 7.15. The first-order valence-corrected chi connectivity index (χ1v) is 14.8. The molecule has 218 valence electrons. The van der Waals surface area contributed by atoms with Crippen molar-refractivity contribution in [1.82, 2.24) is 20.1 Å². The van der Waals surface area contributed by atoms with Gasteiger partial charge in [-0.2, -0.15) is 0 Å². The van der Waals surface area contributed by atoms with Crippen molar-refractivity contribution in [1.29, 1.82) is 0 Å². The molecule has 0 radical (unpaired) electrons. The number of carbonyl (C=O) groups excluding carboxylic acids is 2. The van der Waals surface area contributed by atoms with Crippen LogP contribution in [0.3, 0.4) is 0 Å². The molecule has 1 atom stereocenters. The number of hydrogen-bond acceptors (Lipinski definition) is 9. The number of rotatable bonds is 5. The Hall–Kier alpha value is -3.70. The molecule has 4 heterocycles. The molecule has 0 aliphatic carbocycles. The van der Waals surface area contributed by atoms with Crippen LogP contribution in [0.5, 0.6) is 11.6 Å². The number of aromatic nitrogens is 3. The number of para-hydroxylation sites is 1. The number of aldehydes is 1. The Labute approximate surface area is 253 Å². The molecule has 1 fully saturated rings. The van der Waals surface area contributed by atoms with Crippen LogP contribution in [0.4, 0.5) is 5.13 Å². The average molecular weight is 606 g/mol. The smallest absolute Gasteiger partial charge is 0.232 e. The Balaban J connectivity index is 0.000000442. The van der Waals surface area contributed by atoms with Gasteiger partial charge >= 0.3 is 0 Å². The van der Waals surface area contributed by atoms with E-state index in [1.807, 2.05) is 57.2 Å². The Bertz CT molecular complexity index is 1600. The number of hydrogen-bond donors (Lipinski definition) is 1. The number of fused-ring (bicyclic) bond motifs is 2. The molecule has 6 rings (SSSR count). The normalized spacial score (nSPS) is 16.3. The van der Waals surface area contributed by atoms with E-state index in [4.69, 9.17) is 26.1 Å². The van der Waals surface area contributed by atoms with Crippen LogP contribution in [0, 0.1) is 12.3 Å². The summed E-state index contributed by atoms with van der Waals surface area (Å²) in [6.07, 6.45) is 0.716. The molecule has 4 aromatic rings. The van der Waals surface area contributed by atoms with Gasteiger partial charge in [0.15, 0.2) is 6.29 Å². The lowest BCUT2D eigenvalue weighted by Gasteiger charge is -2.37. The molecule has 9 nitrogen and oxygen atoms in total. The number of anilines is 1. The number of ether oxygens (including phenoxy) is 2. The second-order valence-electron chi connectivity index (χ2n) is 10.7. The van der Waals surface area contributed by atoms with E-state index in [0.717, 1.165) is 48.0 Å². The van der Waals surface area contributed by atoms with Gasteiger partial charge in [0.25, 0.3) is 0 Å². The van der Waals surface area contributed by atoms with Gasteiger partial charge in [-0.3, -0.25) is 9.59 Å². The van der Waals surface area contributed by atoms with Crippen LogP contribution in [0.25, 0.3) is 11.3 Å². The van der Waals surface area contributed by atoms with E-state index in [1.54, 1.807) is 18.2 Å². The van der Waals surface area contributed by atoms with Crippen molar-refractivity contribution in [3.8, 4) is 22.9 Å². The average Bonchev–Trinajstić information content (AvgIpc) is 3.40. The van der Waals surface area contributed by atoms with E-state index in [2.05, 4.69) is 27.5 Å². The fourth-order valence-electron chi connectivity index (χ4n) is 4.95. The highest BCUT2D eigenvalue weighted by Crippen LogP contribution is 2.52. The molecule has 0 bridgehead atoms. The van der Waals surface area contributed by atoms with Crippen LogP contribution in [0.15, 0.2) is 54.6 Å². The summed E-state index contributed by atoms with van der Waals surface area (Å²) < 4.78 is 11.3. The number of likely N-dealkylation sites (N-methyl/N-ethyl adjacent to an activating group) is 1. The second-order valence-corrected chi connectivity index (χ2v) is 12.3. The van der Waals surface area contributed by atoms with Gasteiger partial charge in [-0.25, -0.2) is 4.98 Å². The number of nitrogens with one attached hydrogen (secondary N) is 1. The van der Waals surface area contributed by atoms with Gasteiger partial charge in [-0.1, -0.05) is 67.1 Å². The SMILES string of the molecule is CN1CCOCC1.Cc1nnc(NC(=O)C(C)(C)C2c3ccccc3Oc3nc(-c4ccc(C=O)c(Cl)c4)ccc32)s1. The number of carbonyl (C=O) groups is 2. The summed E-state index contributed by atoms with van der Waals surface area (Å²) in [6.45, 7) is 9.66. The highest BCUT2D eigenvalue weighted by Gasteiger charge is 2.44. The third-order valence-electron chi connectivity index (χ3n) is 7.35. The number of halogens is 1. The van der Waals surface area contributed by atoms with Crippen molar-refractivity contribution >= 4 is 40.3 Å². The standard InChI is InChI=1S/C26H21ClN4O3S.C5H11NO/c1-14-30-31-25(35-14)29-24(33)26(2,3)22-17-6-4-5-7-21(17)34-23-18(22)10-11-20(28-23)15-8-9-16(13-32)19(27)12-15;1-6-2-4-7-5-3-6/h4-13,22H,1-3H3,(H,29,31,33);2-5H2,1H3. The fraction of sp³-hybridized carbons (Fsp3) is 0.323. The fourth-order valence-corrected chi connectivity index (χ4v) is 5.76. The first-order valence-electron chi connectivity index (χ1n) is 13.6. The van der Waals surface area contributed by atoms with Crippen LogP contribution in [0.1, 0.15) is 46.3 Å². The largest absolute Gasteiger partial charge is 0.438 e. The summed E-state index contributed by atoms with van der Waals surface area (Å²) >= 11 is 7.56. The van der Waals surface area contributed by atoms with Crippen LogP contribution >= 0.6 is 22.9 Å². The van der Waals surface area contributed by atoms with E-state index in [0.29, 0.717) is 39.3 Å². The molecule has 2 aromatic carbocycles. The number of benzene rings is 2. The third kappa shape index (κ3) is 6.37. The Morgan fingerprint density at radius 1 is 1.10 bits per heavy atom. The van der Waals surface area contributed by atoms with Gasteiger partial charge in [0.1, 0.15) is 10.8 Å². The summed E-state index contributed by atoms with van der Waals surface area (Å²) in [5, 5.41) is 12.5. The van der Waals surface area contributed by atoms with Crippen LogP contribution in [-0.4, -0.2) is 65.6 Å². The summed E-state index contributed by atoms with van der Waals surface area (Å²) in [5.41, 5.74) is 2.65. The molecule has 1 saturated heterocycles. The summed E-state index contributed by atoms with van der Waals surface area (Å²) in [7, 11) is 2.11. The quantitative estimate of drug-likeness (QED) is 0.267. The minimum atomic E-state index is -0.869. The van der Waals surface area contributed by atoms with Crippen LogP contribution < -0.4 is 10.1 Å². The molecular formula is C31H32ClN5O4S. The van der Waals surface area contributed by atoms with Gasteiger partial charge in [0, 0.05) is 41.3 Å². The molecule has 2 aromatic heterocycles. The molecule has 1 unspecified atom stereocenters. The maximum atomic E-state index is 13.5. The zero-order valence-electron chi connectivity index (χ0n) is 23.9. The van der Waals surface area contributed by atoms with Gasteiger partial charge < -0.3 is 19.7 Å². The Morgan fingerprint density at radius 2 is 1.86 bits per heavy atom. The summed E-state index contributed by atoms with van der Waals surface area (Å²) in [6, 6.07) is 16.6. The van der Waals surface area contributed by atoms with Gasteiger partial charge in [0.05, 0.1) is 29.3 Å². The predicted octanol–water partition coefficient (Wildman–Crippen LogP) is 6.23. The van der Waals surface area contributed by atoms with Crippen molar-refractivity contribution in [2.75, 3.05) is 38.7 Å². The molecule has 42 heavy (non-hydrogen) atoms. The van der Waals surface area contributed by atoms with Gasteiger partial charge in [0.2, 0.25) is 16.9 Å². The third-order valence-corrected chi connectivity index (χ3v) is 8.43. The second kappa shape index (κ2) is 12.7. The van der Waals surface area contributed by atoms with Gasteiger partial charge in [-0.05, 0) is 38.2 Å². The summed E-state index contributed by atoms with van der Waals surface area (Å²) in [4.78, 5) is 31.6. The molecule has 1 N–H and O–H groups in total. The molecule has 0 saturated carbocycles. The first kappa shape index (κ1) is 29.8. The number of pyridine rings is 1.